The first-order chi connectivity index (χ1) is 8.62. The third-order valence-corrected chi connectivity index (χ3v) is 3.79. The van der Waals surface area contributed by atoms with Crippen molar-refractivity contribution < 1.29 is 9.59 Å². The van der Waals surface area contributed by atoms with Crippen molar-refractivity contribution in [2.45, 2.75) is 71.1 Å². The molecular formula is C16H36NO+. The van der Waals surface area contributed by atoms with Crippen LogP contribution >= 0.6 is 0 Å². The number of unbranched alkanes of at least 4 members (excludes halogenated alkanes) is 8. The zero-order valence-electron chi connectivity index (χ0n) is 13.1. The molecule has 2 heteroatoms. The van der Waals surface area contributed by atoms with Crippen molar-refractivity contribution in [3.05, 3.63) is 0 Å². The van der Waals surface area contributed by atoms with Gasteiger partial charge in [-0.1, -0.05) is 45.4 Å². The first kappa shape index (κ1) is 17.9. The molecule has 0 atom stereocenters. The molecule has 110 valence electrons. The van der Waals surface area contributed by atoms with Gasteiger partial charge in [-0.15, -0.1) is 0 Å². The first-order valence-electron chi connectivity index (χ1n) is 8.05. The number of rotatable bonds is 13. The second-order valence-corrected chi connectivity index (χ2v) is 6.29. The molecule has 0 fully saturated rings. The molecule has 0 unspecified atom stereocenters. The smallest absolute Gasteiger partial charge is 0.0783 e. The van der Waals surface area contributed by atoms with Crippen LogP contribution in [0.1, 0.15) is 71.1 Å². The fourth-order valence-corrected chi connectivity index (χ4v) is 2.44. The van der Waals surface area contributed by atoms with Crippen LogP contribution in [0.4, 0.5) is 0 Å². The molecule has 0 saturated heterocycles. The Kier molecular flexibility index (Phi) is 11.9. The number of hydrogen-bond donors (Lipinski definition) is 1. The molecule has 0 saturated carbocycles. The highest BCUT2D eigenvalue weighted by Crippen LogP contribution is 2.10. The van der Waals surface area contributed by atoms with Gasteiger partial charge < -0.3 is 9.59 Å². The quantitative estimate of drug-likeness (QED) is 0.391. The Morgan fingerprint density at radius 1 is 0.667 bits per heavy atom. The Morgan fingerprint density at radius 3 is 1.61 bits per heavy atom. The minimum absolute atomic E-state index is 0.345. The van der Waals surface area contributed by atoms with Crippen molar-refractivity contribution >= 4 is 0 Å². The number of aliphatic hydroxyl groups is 1. The number of nitrogens with zero attached hydrogens (tertiary/aromatic N) is 1. The predicted octanol–water partition coefficient (Wildman–Crippen LogP) is 3.98. The highest BCUT2D eigenvalue weighted by Gasteiger charge is 2.13. The zero-order valence-corrected chi connectivity index (χ0v) is 13.1. The molecule has 0 amide bonds. The van der Waals surface area contributed by atoms with Crippen molar-refractivity contribution in [3.63, 3.8) is 0 Å². The van der Waals surface area contributed by atoms with Gasteiger partial charge in [-0.2, -0.15) is 0 Å². The first-order valence-corrected chi connectivity index (χ1v) is 8.05. The number of aliphatic hydroxyl groups excluding tert-OH is 1. The van der Waals surface area contributed by atoms with E-state index in [2.05, 4.69) is 21.0 Å². The third-order valence-electron chi connectivity index (χ3n) is 3.79. The molecule has 0 spiro atoms. The van der Waals surface area contributed by atoms with Crippen LogP contribution in [0.25, 0.3) is 0 Å². The standard InChI is InChI=1S/C16H36NO/c1-4-5-6-7-8-9-10-11-14-17(2,3)15-12-13-16-18/h18H,4-16H2,1-3H3/q+1. The fourth-order valence-electron chi connectivity index (χ4n) is 2.44. The van der Waals surface area contributed by atoms with Gasteiger partial charge in [-0.05, 0) is 25.7 Å². The highest BCUT2D eigenvalue weighted by atomic mass is 16.2. The molecular weight excluding hydrogens is 222 g/mol. The summed E-state index contributed by atoms with van der Waals surface area (Å²) in [4.78, 5) is 0. The van der Waals surface area contributed by atoms with Crippen LogP contribution in [0.3, 0.4) is 0 Å². The van der Waals surface area contributed by atoms with Gasteiger partial charge in [-0.25, -0.2) is 0 Å². The molecule has 0 aromatic carbocycles. The minimum atomic E-state index is 0.345. The maximum Gasteiger partial charge on any atom is 0.0783 e. The van der Waals surface area contributed by atoms with Crippen molar-refractivity contribution in [1.82, 2.24) is 0 Å². The van der Waals surface area contributed by atoms with E-state index in [-0.39, 0.29) is 0 Å². The van der Waals surface area contributed by atoms with E-state index in [1.165, 1.54) is 64.5 Å². The van der Waals surface area contributed by atoms with E-state index in [1.54, 1.807) is 0 Å². The third kappa shape index (κ3) is 12.4. The van der Waals surface area contributed by atoms with Crippen LogP contribution in [-0.4, -0.2) is 43.4 Å². The molecule has 0 aromatic heterocycles. The highest BCUT2D eigenvalue weighted by molar-refractivity contribution is 4.46. The summed E-state index contributed by atoms with van der Waals surface area (Å²) in [6, 6.07) is 0. The summed E-state index contributed by atoms with van der Waals surface area (Å²) in [7, 11) is 4.64. The Labute approximate surface area is 115 Å². The fraction of sp³-hybridized carbons (Fsp3) is 1.00. The summed E-state index contributed by atoms with van der Waals surface area (Å²) in [5, 5.41) is 8.79. The summed E-state index contributed by atoms with van der Waals surface area (Å²) in [6.07, 6.45) is 13.3. The topological polar surface area (TPSA) is 20.2 Å². The van der Waals surface area contributed by atoms with Gasteiger partial charge in [-0.3, -0.25) is 0 Å². The molecule has 0 radical (unpaired) electrons. The maximum absolute atomic E-state index is 8.79. The predicted molar refractivity (Wildman–Crippen MR) is 80.8 cm³/mol. The molecule has 0 heterocycles. The van der Waals surface area contributed by atoms with Crippen LogP contribution in [-0.2, 0) is 0 Å². The summed E-state index contributed by atoms with van der Waals surface area (Å²) in [6.45, 7) is 5.12. The van der Waals surface area contributed by atoms with Crippen LogP contribution in [0, 0.1) is 0 Å². The maximum atomic E-state index is 8.79. The zero-order chi connectivity index (χ0) is 13.7. The SMILES string of the molecule is CCCCCCCCCC[N+](C)(C)CCCCO. The summed E-state index contributed by atoms with van der Waals surface area (Å²) in [5.41, 5.74) is 0. The van der Waals surface area contributed by atoms with Crippen molar-refractivity contribution in [3.8, 4) is 0 Å². The van der Waals surface area contributed by atoms with Crippen LogP contribution in [0.2, 0.25) is 0 Å². The van der Waals surface area contributed by atoms with Crippen molar-refractivity contribution in [2.75, 3.05) is 33.8 Å². The lowest BCUT2D eigenvalue weighted by Gasteiger charge is -2.29. The molecule has 0 aromatic rings. The molecule has 0 aliphatic heterocycles. The Bertz CT molecular complexity index is 168. The minimum Gasteiger partial charge on any atom is -0.396 e. The van der Waals surface area contributed by atoms with E-state index in [4.69, 9.17) is 5.11 Å². The average Bonchev–Trinajstić information content (AvgIpc) is 2.33. The molecule has 0 aliphatic rings. The van der Waals surface area contributed by atoms with E-state index in [0.717, 1.165) is 17.3 Å². The lowest BCUT2D eigenvalue weighted by molar-refractivity contribution is -0.890. The second-order valence-electron chi connectivity index (χ2n) is 6.29. The number of quaternary nitrogens is 1. The Morgan fingerprint density at radius 2 is 1.11 bits per heavy atom. The molecule has 18 heavy (non-hydrogen) atoms. The van der Waals surface area contributed by atoms with E-state index in [9.17, 15) is 0 Å². The normalized spacial score (nSPS) is 12.0. The lowest BCUT2D eigenvalue weighted by Crippen LogP contribution is -2.41. The molecule has 0 aliphatic carbocycles. The molecule has 1 N–H and O–H groups in total. The average molecular weight is 258 g/mol. The monoisotopic (exact) mass is 258 g/mol. The molecule has 0 rings (SSSR count). The van der Waals surface area contributed by atoms with Gasteiger partial charge >= 0.3 is 0 Å². The summed E-state index contributed by atoms with van der Waals surface area (Å²) >= 11 is 0. The largest absolute Gasteiger partial charge is 0.396 e. The van der Waals surface area contributed by atoms with Crippen molar-refractivity contribution in [1.29, 1.82) is 0 Å². The van der Waals surface area contributed by atoms with Crippen LogP contribution in [0.15, 0.2) is 0 Å². The molecule has 2 nitrogen and oxygen atoms in total. The molecule has 0 bridgehead atoms. The number of hydrogen-bond acceptors (Lipinski definition) is 1. The van der Waals surface area contributed by atoms with Gasteiger partial charge in [0.05, 0.1) is 27.2 Å². The Hall–Kier alpha value is -0.0800. The van der Waals surface area contributed by atoms with E-state index in [0.29, 0.717) is 6.61 Å². The van der Waals surface area contributed by atoms with Gasteiger partial charge in [0.15, 0.2) is 0 Å². The second kappa shape index (κ2) is 12.0. The van der Waals surface area contributed by atoms with Crippen LogP contribution < -0.4 is 0 Å². The van der Waals surface area contributed by atoms with E-state index in [1.807, 2.05) is 0 Å². The lowest BCUT2D eigenvalue weighted by atomic mass is 10.1. The summed E-state index contributed by atoms with van der Waals surface area (Å²) in [5.74, 6) is 0. The van der Waals surface area contributed by atoms with Crippen molar-refractivity contribution in [2.24, 2.45) is 0 Å². The van der Waals surface area contributed by atoms with Gasteiger partial charge in [0.25, 0.3) is 0 Å². The van der Waals surface area contributed by atoms with Crippen LogP contribution in [0.5, 0.6) is 0 Å². The van der Waals surface area contributed by atoms with Gasteiger partial charge in [0, 0.05) is 6.61 Å². The van der Waals surface area contributed by atoms with Gasteiger partial charge in [0.1, 0.15) is 0 Å². The van der Waals surface area contributed by atoms with Gasteiger partial charge in [0.2, 0.25) is 0 Å². The van der Waals surface area contributed by atoms with E-state index >= 15 is 0 Å². The van der Waals surface area contributed by atoms with E-state index < -0.39 is 0 Å². The summed E-state index contributed by atoms with van der Waals surface area (Å²) < 4.78 is 1.12. The Balaban J connectivity index is 3.30.